The number of carbonyl (C=O) groups is 1. The van der Waals surface area contributed by atoms with Crippen LogP contribution in [-0.4, -0.2) is 36.3 Å². The molecule has 0 saturated heterocycles. The average Bonchev–Trinajstić information content (AvgIpc) is 2.98. The van der Waals surface area contributed by atoms with Gasteiger partial charge in [0.1, 0.15) is 17.2 Å². The first-order chi connectivity index (χ1) is 12.0. The maximum Gasteiger partial charge on any atom is 0.329 e. The Morgan fingerprint density at radius 3 is 2.50 bits per heavy atom. The number of carbonyl (C=O) groups excluding carboxylic acids is 1. The van der Waals surface area contributed by atoms with Crippen LogP contribution in [0.4, 0.5) is 5.82 Å². The van der Waals surface area contributed by atoms with Gasteiger partial charge in [0, 0.05) is 12.0 Å². The number of nitrogens with two attached hydrogens (primary N) is 1. The SMILES string of the molecule is CC(C)Cn1c(N)c(C(=O)CSc2n[nH]c(C(C)(C)C)n2)c(=O)[nH]c1=O. The molecule has 9 nitrogen and oxygen atoms in total. The molecule has 0 saturated carbocycles. The molecule has 0 fully saturated rings. The fraction of sp³-hybridized carbons (Fsp3) is 0.562. The van der Waals surface area contributed by atoms with E-state index in [1.165, 1.54) is 4.57 Å². The Morgan fingerprint density at radius 1 is 1.31 bits per heavy atom. The predicted molar refractivity (Wildman–Crippen MR) is 101 cm³/mol. The third kappa shape index (κ3) is 4.43. The number of hydrogen-bond donors (Lipinski definition) is 3. The van der Waals surface area contributed by atoms with Gasteiger partial charge in [-0.05, 0) is 5.92 Å². The molecule has 26 heavy (non-hydrogen) atoms. The summed E-state index contributed by atoms with van der Waals surface area (Å²) in [4.78, 5) is 43.0. The van der Waals surface area contributed by atoms with Crippen LogP contribution in [0.2, 0.25) is 0 Å². The van der Waals surface area contributed by atoms with Crippen molar-refractivity contribution >= 4 is 23.4 Å². The molecule has 0 aliphatic carbocycles. The maximum atomic E-state index is 12.5. The van der Waals surface area contributed by atoms with E-state index in [-0.39, 0.29) is 28.5 Å². The van der Waals surface area contributed by atoms with Gasteiger partial charge in [0.15, 0.2) is 5.78 Å². The number of rotatable bonds is 6. The summed E-state index contributed by atoms with van der Waals surface area (Å²) in [5.74, 6) is 0.184. The fourth-order valence-electron chi connectivity index (χ4n) is 2.25. The molecule has 0 aromatic carbocycles. The normalized spacial score (nSPS) is 11.9. The van der Waals surface area contributed by atoms with Crippen LogP contribution in [0.15, 0.2) is 14.7 Å². The van der Waals surface area contributed by atoms with E-state index in [2.05, 4.69) is 20.2 Å². The highest BCUT2D eigenvalue weighted by atomic mass is 32.2. The number of nitrogens with zero attached hydrogens (tertiary/aromatic N) is 3. The van der Waals surface area contributed by atoms with E-state index >= 15 is 0 Å². The van der Waals surface area contributed by atoms with Gasteiger partial charge in [-0.2, -0.15) is 0 Å². The molecule has 0 unspecified atom stereocenters. The summed E-state index contributed by atoms with van der Waals surface area (Å²) in [5, 5.41) is 7.32. The maximum absolute atomic E-state index is 12.5. The number of ketones is 1. The quantitative estimate of drug-likeness (QED) is 0.505. The van der Waals surface area contributed by atoms with Gasteiger partial charge in [-0.25, -0.2) is 9.78 Å². The second kappa shape index (κ2) is 7.48. The Bertz CT molecular complexity index is 919. The molecule has 2 rings (SSSR count). The predicted octanol–water partition coefficient (Wildman–Crippen LogP) is 1.17. The number of hydrogen-bond acceptors (Lipinski definition) is 7. The summed E-state index contributed by atoms with van der Waals surface area (Å²) in [6.45, 7) is 10.1. The molecule has 0 bridgehead atoms. The number of anilines is 1. The molecule has 0 atom stereocenters. The van der Waals surface area contributed by atoms with E-state index in [0.717, 1.165) is 11.8 Å². The Labute approximate surface area is 154 Å². The number of aromatic amines is 2. The van der Waals surface area contributed by atoms with E-state index in [1.807, 2.05) is 34.6 Å². The molecule has 0 aliphatic heterocycles. The number of aromatic nitrogens is 5. The number of nitrogens with one attached hydrogen (secondary N) is 2. The smallest absolute Gasteiger partial charge is 0.329 e. The van der Waals surface area contributed by atoms with Crippen LogP contribution in [0.5, 0.6) is 0 Å². The van der Waals surface area contributed by atoms with Crippen molar-refractivity contribution in [3.63, 3.8) is 0 Å². The lowest BCUT2D eigenvalue weighted by Crippen LogP contribution is -2.37. The first-order valence-corrected chi connectivity index (χ1v) is 9.20. The van der Waals surface area contributed by atoms with Crippen molar-refractivity contribution in [2.24, 2.45) is 5.92 Å². The van der Waals surface area contributed by atoms with Crippen LogP contribution in [0, 0.1) is 5.92 Å². The van der Waals surface area contributed by atoms with Crippen LogP contribution >= 0.6 is 11.8 Å². The van der Waals surface area contributed by atoms with Crippen molar-refractivity contribution in [3.05, 3.63) is 32.2 Å². The minimum absolute atomic E-state index is 0.0609. The monoisotopic (exact) mass is 380 g/mol. The van der Waals surface area contributed by atoms with Crippen LogP contribution in [0.1, 0.15) is 50.8 Å². The van der Waals surface area contributed by atoms with Gasteiger partial charge in [-0.1, -0.05) is 46.4 Å². The van der Waals surface area contributed by atoms with Crippen molar-refractivity contribution in [2.75, 3.05) is 11.5 Å². The first-order valence-electron chi connectivity index (χ1n) is 8.22. The fourth-order valence-corrected chi connectivity index (χ4v) is 2.92. The summed E-state index contributed by atoms with van der Waals surface area (Å²) < 4.78 is 1.22. The zero-order valence-electron chi connectivity index (χ0n) is 15.5. The van der Waals surface area contributed by atoms with Crippen molar-refractivity contribution in [3.8, 4) is 0 Å². The van der Waals surface area contributed by atoms with Crippen molar-refractivity contribution in [1.29, 1.82) is 0 Å². The van der Waals surface area contributed by atoms with Crippen LogP contribution in [0.25, 0.3) is 0 Å². The van der Waals surface area contributed by atoms with E-state index in [0.29, 0.717) is 17.5 Å². The summed E-state index contributed by atoms with van der Waals surface area (Å²) >= 11 is 1.10. The van der Waals surface area contributed by atoms with Crippen LogP contribution in [0.3, 0.4) is 0 Å². The second-order valence-electron chi connectivity index (χ2n) is 7.45. The van der Waals surface area contributed by atoms with Crippen LogP contribution in [-0.2, 0) is 12.0 Å². The van der Waals surface area contributed by atoms with E-state index in [1.54, 1.807) is 0 Å². The van der Waals surface area contributed by atoms with Gasteiger partial charge in [0.05, 0.1) is 5.75 Å². The summed E-state index contributed by atoms with van der Waals surface area (Å²) in [7, 11) is 0. The van der Waals surface area contributed by atoms with E-state index < -0.39 is 17.0 Å². The van der Waals surface area contributed by atoms with Gasteiger partial charge in [-0.15, -0.1) is 5.10 Å². The molecular weight excluding hydrogens is 356 g/mol. The first kappa shape index (κ1) is 20.0. The van der Waals surface area contributed by atoms with Crippen molar-refractivity contribution in [1.82, 2.24) is 24.7 Å². The van der Waals surface area contributed by atoms with Crippen molar-refractivity contribution in [2.45, 2.75) is 51.7 Å². The Kier molecular flexibility index (Phi) is 5.74. The topological polar surface area (TPSA) is 140 Å². The lowest BCUT2D eigenvalue weighted by molar-refractivity contribution is 0.102. The molecule has 2 aromatic rings. The molecule has 2 heterocycles. The van der Waals surface area contributed by atoms with Crippen molar-refractivity contribution < 1.29 is 4.79 Å². The van der Waals surface area contributed by atoms with Gasteiger partial charge < -0.3 is 5.73 Å². The standard InChI is InChI=1S/C16H24N6O3S/c1-8(2)6-22-11(17)10(12(24)18-15(22)25)9(23)7-26-14-19-13(20-21-14)16(3,4)5/h8H,6-7,17H2,1-5H3,(H,18,24,25)(H,19,20,21). The molecule has 4 N–H and O–H groups in total. The minimum atomic E-state index is -0.775. The van der Waals surface area contributed by atoms with Gasteiger partial charge in [-0.3, -0.25) is 24.2 Å². The molecule has 0 amide bonds. The summed E-state index contributed by atoms with van der Waals surface area (Å²) in [6, 6.07) is 0. The Hall–Kier alpha value is -2.36. The highest BCUT2D eigenvalue weighted by Gasteiger charge is 2.22. The van der Waals surface area contributed by atoms with Gasteiger partial charge >= 0.3 is 5.69 Å². The molecule has 0 radical (unpaired) electrons. The molecule has 10 heteroatoms. The number of H-pyrrole nitrogens is 2. The minimum Gasteiger partial charge on any atom is -0.384 e. The molecule has 0 aliphatic rings. The van der Waals surface area contributed by atoms with Gasteiger partial charge in [0.25, 0.3) is 5.56 Å². The average molecular weight is 380 g/mol. The van der Waals surface area contributed by atoms with E-state index in [4.69, 9.17) is 5.73 Å². The van der Waals surface area contributed by atoms with E-state index in [9.17, 15) is 14.4 Å². The molecule has 142 valence electrons. The second-order valence-corrected chi connectivity index (χ2v) is 8.39. The highest BCUT2D eigenvalue weighted by Crippen LogP contribution is 2.21. The van der Waals surface area contributed by atoms with Crippen LogP contribution < -0.4 is 17.0 Å². The number of thioether (sulfide) groups is 1. The molecular formula is C16H24N6O3S. The molecule has 0 spiro atoms. The highest BCUT2D eigenvalue weighted by molar-refractivity contribution is 7.99. The lowest BCUT2D eigenvalue weighted by atomic mass is 9.96. The Balaban J connectivity index is 2.23. The summed E-state index contributed by atoms with van der Waals surface area (Å²) in [5.41, 5.74) is 4.15. The third-order valence-electron chi connectivity index (χ3n) is 3.57. The lowest BCUT2D eigenvalue weighted by Gasteiger charge is -2.13. The largest absolute Gasteiger partial charge is 0.384 e. The number of Topliss-reactive ketones (excluding diaryl/α,β-unsaturated/α-hetero) is 1. The zero-order chi connectivity index (χ0) is 19.6. The third-order valence-corrected chi connectivity index (χ3v) is 4.42. The Morgan fingerprint density at radius 2 is 1.96 bits per heavy atom. The number of nitrogen functional groups attached to an aromatic ring is 1. The summed E-state index contributed by atoms with van der Waals surface area (Å²) in [6.07, 6.45) is 0. The van der Waals surface area contributed by atoms with Gasteiger partial charge in [0.2, 0.25) is 5.16 Å². The zero-order valence-corrected chi connectivity index (χ0v) is 16.4. The molecule has 2 aromatic heterocycles.